The molecule has 0 aliphatic carbocycles. The summed E-state index contributed by atoms with van der Waals surface area (Å²) in [6, 6.07) is 10.5. The number of hydrogen-bond donors (Lipinski definition) is 0. The molecule has 0 atom stereocenters. The molecular formula is C22H32N4O2. The molecule has 0 spiro atoms. The van der Waals surface area contributed by atoms with Crippen molar-refractivity contribution >= 4 is 5.91 Å². The third-order valence-electron chi connectivity index (χ3n) is 5.23. The number of rotatable bonds is 8. The van der Waals surface area contributed by atoms with Crippen molar-refractivity contribution in [1.29, 1.82) is 0 Å². The minimum Gasteiger partial charge on any atom is -0.361 e. The Labute approximate surface area is 168 Å². The van der Waals surface area contributed by atoms with Crippen molar-refractivity contribution in [2.24, 2.45) is 0 Å². The summed E-state index contributed by atoms with van der Waals surface area (Å²) in [7, 11) is 0. The van der Waals surface area contributed by atoms with E-state index in [9.17, 15) is 4.79 Å². The van der Waals surface area contributed by atoms with Crippen LogP contribution in [0.1, 0.15) is 35.9 Å². The second-order valence-electron chi connectivity index (χ2n) is 7.78. The van der Waals surface area contributed by atoms with Gasteiger partial charge < -0.3 is 9.42 Å². The van der Waals surface area contributed by atoms with Gasteiger partial charge in [-0.15, -0.1) is 0 Å². The van der Waals surface area contributed by atoms with Gasteiger partial charge in [-0.25, -0.2) is 0 Å². The van der Waals surface area contributed by atoms with E-state index >= 15 is 0 Å². The van der Waals surface area contributed by atoms with E-state index in [-0.39, 0.29) is 5.91 Å². The average molecular weight is 385 g/mol. The minimum absolute atomic E-state index is 0.225. The zero-order valence-electron chi connectivity index (χ0n) is 17.4. The van der Waals surface area contributed by atoms with Crippen LogP contribution in [0.25, 0.3) is 0 Å². The maximum Gasteiger partial charge on any atom is 0.237 e. The Bertz CT molecular complexity index is 748. The van der Waals surface area contributed by atoms with Gasteiger partial charge in [0.2, 0.25) is 5.91 Å². The first kappa shape index (κ1) is 20.6. The van der Waals surface area contributed by atoms with Crippen LogP contribution in [0.4, 0.5) is 0 Å². The van der Waals surface area contributed by atoms with Gasteiger partial charge in [-0.3, -0.25) is 14.6 Å². The van der Waals surface area contributed by atoms with Gasteiger partial charge in [-0.05, 0) is 25.8 Å². The summed E-state index contributed by atoms with van der Waals surface area (Å²) >= 11 is 0. The van der Waals surface area contributed by atoms with Crippen LogP contribution in [-0.4, -0.2) is 65.0 Å². The summed E-state index contributed by atoms with van der Waals surface area (Å²) in [4.78, 5) is 19.5. The fourth-order valence-electron chi connectivity index (χ4n) is 3.59. The summed E-state index contributed by atoms with van der Waals surface area (Å²) in [5, 5.41) is 4.08. The number of nitrogens with zero attached hydrogens (tertiary/aromatic N) is 4. The SMILES string of the molecule is CCCN(Cc1ccc(C)cc1)C(=O)CN1CCN(Cc2cc(C)on2)CC1. The van der Waals surface area contributed by atoms with Crippen molar-refractivity contribution in [3.63, 3.8) is 0 Å². The number of aryl methyl sites for hydroxylation is 2. The van der Waals surface area contributed by atoms with Crippen LogP contribution in [0.2, 0.25) is 0 Å². The molecule has 1 aromatic heterocycles. The quantitative estimate of drug-likeness (QED) is 0.701. The van der Waals surface area contributed by atoms with Crippen molar-refractivity contribution < 1.29 is 9.32 Å². The molecule has 3 rings (SSSR count). The lowest BCUT2D eigenvalue weighted by atomic mass is 10.1. The maximum atomic E-state index is 12.9. The van der Waals surface area contributed by atoms with Crippen LogP contribution in [-0.2, 0) is 17.9 Å². The molecule has 1 amide bonds. The maximum absolute atomic E-state index is 12.9. The Balaban J connectivity index is 1.47. The molecule has 1 aliphatic heterocycles. The fourth-order valence-corrected chi connectivity index (χ4v) is 3.59. The van der Waals surface area contributed by atoms with Crippen molar-refractivity contribution in [2.75, 3.05) is 39.3 Å². The highest BCUT2D eigenvalue weighted by Gasteiger charge is 2.22. The van der Waals surface area contributed by atoms with Gasteiger partial charge in [0.05, 0.1) is 12.2 Å². The van der Waals surface area contributed by atoms with E-state index in [4.69, 9.17) is 4.52 Å². The Morgan fingerprint density at radius 3 is 2.39 bits per heavy atom. The molecule has 1 saturated heterocycles. The third-order valence-corrected chi connectivity index (χ3v) is 5.23. The van der Waals surface area contributed by atoms with Gasteiger partial charge in [-0.2, -0.15) is 0 Å². The Kier molecular flexibility index (Phi) is 7.23. The number of carbonyl (C=O) groups is 1. The van der Waals surface area contributed by atoms with E-state index in [1.165, 1.54) is 11.1 Å². The van der Waals surface area contributed by atoms with Crippen LogP contribution in [0.3, 0.4) is 0 Å². The van der Waals surface area contributed by atoms with Crippen molar-refractivity contribution in [3.05, 3.63) is 52.9 Å². The zero-order valence-corrected chi connectivity index (χ0v) is 17.4. The highest BCUT2D eigenvalue weighted by atomic mass is 16.5. The first-order valence-corrected chi connectivity index (χ1v) is 10.2. The molecule has 6 nitrogen and oxygen atoms in total. The van der Waals surface area contributed by atoms with Gasteiger partial charge in [0.25, 0.3) is 0 Å². The molecule has 152 valence electrons. The summed E-state index contributed by atoms with van der Waals surface area (Å²) in [6.07, 6.45) is 0.975. The van der Waals surface area contributed by atoms with Gasteiger partial charge in [0.1, 0.15) is 5.76 Å². The molecule has 2 heterocycles. The summed E-state index contributed by atoms with van der Waals surface area (Å²) in [5.41, 5.74) is 3.42. The predicted octanol–water partition coefficient (Wildman–Crippen LogP) is 2.85. The molecule has 0 unspecified atom stereocenters. The van der Waals surface area contributed by atoms with Crippen molar-refractivity contribution in [2.45, 2.75) is 40.3 Å². The predicted molar refractivity (Wildman–Crippen MR) is 110 cm³/mol. The number of aromatic nitrogens is 1. The second-order valence-corrected chi connectivity index (χ2v) is 7.78. The van der Waals surface area contributed by atoms with E-state index in [2.05, 4.69) is 53.1 Å². The normalized spacial score (nSPS) is 15.7. The van der Waals surface area contributed by atoms with Crippen LogP contribution in [0.5, 0.6) is 0 Å². The largest absolute Gasteiger partial charge is 0.361 e. The first-order valence-electron chi connectivity index (χ1n) is 10.2. The number of amides is 1. The van der Waals surface area contributed by atoms with E-state index < -0.39 is 0 Å². The van der Waals surface area contributed by atoms with Crippen LogP contribution in [0.15, 0.2) is 34.9 Å². The number of carbonyl (C=O) groups excluding carboxylic acids is 1. The fraction of sp³-hybridized carbons (Fsp3) is 0.545. The van der Waals surface area contributed by atoms with E-state index in [1.807, 2.05) is 17.9 Å². The number of piperazine rings is 1. The van der Waals surface area contributed by atoms with Gasteiger partial charge in [0, 0.05) is 51.9 Å². The zero-order chi connectivity index (χ0) is 19.9. The summed E-state index contributed by atoms with van der Waals surface area (Å²) in [6.45, 7) is 12.7. The Morgan fingerprint density at radius 1 is 1.11 bits per heavy atom. The van der Waals surface area contributed by atoms with Crippen LogP contribution in [0, 0.1) is 13.8 Å². The molecule has 1 aromatic carbocycles. The molecular weight excluding hydrogens is 352 g/mol. The molecule has 0 bridgehead atoms. The van der Waals surface area contributed by atoms with Crippen molar-refractivity contribution in [1.82, 2.24) is 19.9 Å². The average Bonchev–Trinajstić information content (AvgIpc) is 3.09. The van der Waals surface area contributed by atoms with E-state index in [0.717, 1.165) is 57.1 Å². The smallest absolute Gasteiger partial charge is 0.237 e. The lowest BCUT2D eigenvalue weighted by molar-refractivity contribution is -0.133. The molecule has 1 aliphatic rings. The van der Waals surface area contributed by atoms with Crippen LogP contribution < -0.4 is 0 Å². The first-order chi connectivity index (χ1) is 13.5. The molecule has 6 heteroatoms. The molecule has 1 fully saturated rings. The molecule has 0 N–H and O–H groups in total. The summed E-state index contributed by atoms with van der Waals surface area (Å²) in [5.74, 6) is 1.08. The standard InChI is InChI=1S/C22H32N4O2/c1-4-9-26(15-20-7-5-18(2)6-8-20)22(27)17-25-12-10-24(11-13-25)16-21-14-19(3)28-23-21/h5-8,14H,4,9-13,15-17H2,1-3H3. The Morgan fingerprint density at radius 2 is 1.79 bits per heavy atom. The molecule has 28 heavy (non-hydrogen) atoms. The lowest BCUT2D eigenvalue weighted by Crippen LogP contribution is -2.49. The monoisotopic (exact) mass is 384 g/mol. The van der Waals surface area contributed by atoms with Crippen LogP contribution >= 0.6 is 0 Å². The van der Waals surface area contributed by atoms with E-state index in [1.54, 1.807) is 0 Å². The molecule has 0 saturated carbocycles. The number of hydrogen-bond acceptors (Lipinski definition) is 5. The van der Waals surface area contributed by atoms with Gasteiger partial charge >= 0.3 is 0 Å². The highest BCUT2D eigenvalue weighted by molar-refractivity contribution is 5.78. The van der Waals surface area contributed by atoms with Crippen molar-refractivity contribution in [3.8, 4) is 0 Å². The lowest BCUT2D eigenvalue weighted by Gasteiger charge is -2.35. The topological polar surface area (TPSA) is 52.8 Å². The second kappa shape index (κ2) is 9.85. The minimum atomic E-state index is 0.225. The number of benzene rings is 1. The summed E-state index contributed by atoms with van der Waals surface area (Å²) < 4.78 is 5.15. The van der Waals surface area contributed by atoms with Gasteiger partial charge in [0.15, 0.2) is 0 Å². The molecule has 0 radical (unpaired) electrons. The highest BCUT2D eigenvalue weighted by Crippen LogP contribution is 2.11. The van der Waals surface area contributed by atoms with Gasteiger partial charge in [-0.1, -0.05) is 41.9 Å². The van der Waals surface area contributed by atoms with E-state index in [0.29, 0.717) is 13.1 Å². The Hall–Kier alpha value is -2.18. The third kappa shape index (κ3) is 5.91. The molecule has 2 aromatic rings.